The number of rotatable bonds is 4. The van der Waals surface area contributed by atoms with Crippen molar-refractivity contribution in [3.8, 4) is 11.5 Å². The predicted octanol–water partition coefficient (Wildman–Crippen LogP) is 3.51. The van der Waals surface area contributed by atoms with Crippen LogP contribution in [0.3, 0.4) is 0 Å². The topological polar surface area (TPSA) is 47.6 Å². The van der Waals surface area contributed by atoms with Crippen LogP contribution in [0.1, 0.15) is 41.3 Å². The van der Waals surface area contributed by atoms with Gasteiger partial charge in [-0.2, -0.15) is 0 Å². The second-order valence-electron chi connectivity index (χ2n) is 5.83. The van der Waals surface area contributed by atoms with Crippen molar-refractivity contribution in [2.45, 2.75) is 32.4 Å². The van der Waals surface area contributed by atoms with Gasteiger partial charge in [-0.1, -0.05) is 37.3 Å². The highest BCUT2D eigenvalue weighted by Crippen LogP contribution is 2.40. The van der Waals surface area contributed by atoms with Gasteiger partial charge in [-0.3, -0.25) is 4.79 Å². The molecule has 1 N–H and O–H groups in total. The van der Waals surface area contributed by atoms with Crippen LogP contribution in [0, 0.1) is 0 Å². The second-order valence-corrected chi connectivity index (χ2v) is 5.83. The molecule has 1 aliphatic heterocycles. The lowest BCUT2D eigenvalue weighted by Crippen LogP contribution is -2.23. The first kappa shape index (κ1) is 15.4. The fourth-order valence-corrected chi connectivity index (χ4v) is 2.88. The molecule has 0 saturated carbocycles. The maximum Gasteiger partial charge on any atom is 0.255 e. The van der Waals surface area contributed by atoms with E-state index in [4.69, 9.17) is 9.47 Å². The van der Waals surface area contributed by atoms with Gasteiger partial charge in [0.25, 0.3) is 5.91 Å². The summed E-state index contributed by atoms with van der Waals surface area (Å²) in [4.78, 5) is 12.6. The summed E-state index contributed by atoms with van der Waals surface area (Å²) >= 11 is 0. The maximum atomic E-state index is 12.6. The van der Waals surface area contributed by atoms with Crippen LogP contribution in [-0.2, 0) is 6.54 Å². The highest BCUT2D eigenvalue weighted by molar-refractivity contribution is 5.97. The number of fused-ring (bicyclic) bond motifs is 1. The second kappa shape index (κ2) is 6.32. The summed E-state index contributed by atoms with van der Waals surface area (Å²) < 4.78 is 11.2. The Morgan fingerprint density at radius 1 is 1.17 bits per heavy atom. The van der Waals surface area contributed by atoms with Crippen molar-refractivity contribution in [2.24, 2.45) is 0 Å². The minimum absolute atomic E-state index is 0.0909. The van der Waals surface area contributed by atoms with E-state index in [2.05, 4.69) is 12.2 Å². The van der Waals surface area contributed by atoms with Crippen LogP contribution in [0.2, 0.25) is 0 Å². The van der Waals surface area contributed by atoms with Crippen LogP contribution in [0.25, 0.3) is 0 Å². The number of methoxy groups -OCH3 is 1. The van der Waals surface area contributed by atoms with Crippen LogP contribution in [0.15, 0.2) is 42.5 Å². The summed E-state index contributed by atoms with van der Waals surface area (Å²) in [6.45, 7) is 4.56. The zero-order valence-electron chi connectivity index (χ0n) is 13.6. The smallest absolute Gasteiger partial charge is 0.255 e. The molecule has 2 aromatic carbocycles. The molecule has 120 valence electrons. The van der Waals surface area contributed by atoms with E-state index >= 15 is 0 Å². The van der Waals surface area contributed by atoms with Crippen LogP contribution in [0.4, 0.5) is 0 Å². The first-order valence-electron chi connectivity index (χ1n) is 7.81. The molecule has 2 atom stereocenters. The molecule has 3 rings (SSSR count). The number of benzene rings is 2. The van der Waals surface area contributed by atoms with Crippen molar-refractivity contribution in [2.75, 3.05) is 7.11 Å². The van der Waals surface area contributed by atoms with Gasteiger partial charge in [-0.15, -0.1) is 0 Å². The molecule has 0 aromatic heterocycles. The molecule has 0 aliphatic carbocycles. The molecule has 4 heteroatoms. The van der Waals surface area contributed by atoms with E-state index in [1.54, 1.807) is 13.2 Å². The van der Waals surface area contributed by atoms with Crippen molar-refractivity contribution < 1.29 is 14.3 Å². The van der Waals surface area contributed by atoms with Gasteiger partial charge in [0.1, 0.15) is 17.6 Å². The zero-order chi connectivity index (χ0) is 16.4. The van der Waals surface area contributed by atoms with Gasteiger partial charge < -0.3 is 14.8 Å². The normalized spacial score (nSPS) is 18.9. The average molecular weight is 311 g/mol. The average Bonchev–Trinajstić information content (AvgIpc) is 2.87. The minimum Gasteiger partial charge on any atom is -0.496 e. The van der Waals surface area contributed by atoms with Gasteiger partial charge >= 0.3 is 0 Å². The molecule has 0 fully saturated rings. The molecule has 0 saturated heterocycles. The van der Waals surface area contributed by atoms with Crippen molar-refractivity contribution in [3.05, 3.63) is 59.2 Å². The van der Waals surface area contributed by atoms with Crippen molar-refractivity contribution in [1.29, 1.82) is 0 Å². The molecule has 23 heavy (non-hydrogen) atoms. The first-order valence-corrected chi connectivity index (χ1v) is 7.81. The van der Waals surface area contributed by atoms with Gasteiger partial charge in [-0.25, -0.2) is 0 Å². The van der Waals surface area contributed by atoms with Crippen LogP contribution < -0.4 is 14.8 Å². The quantitative estimate of drug-likeness (QED) is 0.940. The number of hydrogen-bond acceptors (Lipinski definition) is 3. The van der Waals surface area contributed by atoms with E-state index in [-0.39, 0.29) is 12.0 Å². The van der Waals surface area contributed by atoms with E-state index < -0.39 is 0 Å². The number of amides is 1. The Balaban J connectivity index is 1.78. The highest BCUT2D eigenvalue weighted by atomic mass is 16.5. The third-order valence-corrected chi connectivity index (χ3v) is 4.42. The molecular weight excluding hydrogens is 290 g/mol. The highest BCUT2D eigenvalue weighted by Gasteiger charge is 2.30. The SMILES string of the molecule is COc1ccccc1CNC(=O)c1cccc2c1OC(C)C2C. The largest absolute Gasteiger partial charge is 0.496 e. The molecular formula is C19H21NO3. The molecule has 0 bridgehead atoms. The van der Waals surface area contributed by atoms with Crippen LogP contribution in [0.5, 0.6) is 11.5 Å². The lowest BCUT2D eigenvalue weighted by Gasteiger charge is -2.12. The van der Waals surface area contributed by atoms with E-state index in [9.17, 15) is 4.79 Å². The first-order chi connectivity index (χ1) is 11.1. The third-order valence-electron chi connectivity index (χ3n) is 4.42. The van der Waals surface area contributed by atoms with E-state index in [1.807, 2.05) is 43.3 Å². The molecule has 1 heterocycles. The minimum atomic E-state index is -0.131. The molecule has 2 unspecified atom stereocenters. The van der Waals surface area contributed by atoms with Gasteiger partial charge in [0.15, 0.2) is 0 Å². The molecule has 0 spiro atoms. The predicted molar refractivity (Wildman–Crippen MR) is 89.1 cm³/mol. The maximum absolute atomic E-state index is 12.6. The Morgan fingerprint density at radius 2 is 1.96 bits per heavy atom. The van der Waals surface area contributed by atoms with Gasteiger partial charge in [0, 0.05) is 23.6 Å². The van der Waals surface area contributed by atoms with Gasteiger partial charge in [-0.05, 0) is 19.1 Å². The van der Waals surface area contributed by atoms with Crippen molar-refractivity contribution >= 4 is 5.91 Å². The summed E-state index contributed by atoms with van der Waals surface area (Å²) in [7, 11) is 1.63. The molecule has 1 amide bonds. The summed E-state index contributed by atoms with van der Waals surface area (Å²) in [6.07, 6.45) is 0.0909. The number of carbonyl (C=O) groups is 1. The van der Waals surface area contributed by atoms with Crippen LogP contribution >= 0.6 is 0 Å². The van der Waals surface area contributed by atoms with Crippen LogP contribution in [-0.4, -0.2) is 19.1 Å². The number of carbonyl (C=O) groups excluding carboxylic acids is 1. The number of hydrogen-bond donors (Lipinski definition) is 1. The monoisotopic (exact) mass is 311 g/mol. The standard InChI is InChI=1S/C19H21NO3/c1-12-13(2)23-18-15(12)8-6-9-16(18)19(21)20-11-14-7-4-5-10-17(14)22-3/h4-10,12-13H,11H2,1-3H3,(H,20,21). The Bertz CT molecular complexity index is 726. The molecule has 2 aromatic rings. The van der Waals surface area contributed by atoms with Crippen molar-refractivity contribution in [3.63, 3.8) is 0 Å². The van der Waals surface area contributed by atoms with E-state index in [1.165, 1.54) is 0 Å². The Morgan fingerprint density at radius 3 is 2.74 bits per heavy atom. The zero-order valence-corrected chi connectivity index (χ0v) is 13.6. The summed E-state index contributed by atoms with van der Waals surface area (Å²) in [5, 5.41) is 2.95. The number of nitrogens with one attached hydrogen (secondary N) is 1. The number of ether oxygens (including phenoxy) is 2. The molecule has 4 nitrogen and oxygen atoms in total. The van der Waals surface area contributed by atoms with Crippen molar-refractivity contribution in [1.82, 2.24) is 5.32 Å². The Kier molecular flexibility index (Phi) is 4.24. The third kappa shape index (κ3) is 2.89. The lowest BCUT2D eigenvalue weighted by molar-refractivity contribution is 0.0945. The summed E-state index contributed by atoms with van der Waals surface area (Å²) in [6, 6.07) is 13.4. The van der Waals surface area contributed by atoms with E-state index in [0.29, 0.717) is 23.8 Å². The van der Waals surface area contributed by atoms with Gasteiger partial charge in [0.05, 0.1) is 12.7 Å². The summed E-state index contributed by atoms with van der Waals surface area (Å²) in [5.74, 6) is 1.65. The fraction of sp³-hybridized carbons (Fsp3) is 0.316. The molecule has 1 aliphatic rings. The lowest BCUT2D eigenvalue weighted by atomic mass is 9.97. The molecule has 0 radical (unpaired) electrons. The number of para-hydroxylation sites is 2. The Labute approximate surface area is 136 Å². The Hall–Kier alpha value is -2.49. The van der Waals surface area contributed by atoms with E-state index in [0.717, 1.165) is 16.9 Å². The fourth-order valence-electron chi connectivity index (χ4n) is 2.88. The summed E-state index contributed by atoms with van der Waals surface area (Å²) in [5.41, 5.74) is 2.63. The van der Waals surface area contributed by atoms with Gasteiger partial charge in [0.2, 0.25) is 0 Å².